The van der Waals surface area contributed by atoms with Crippen LogP contribution in [0, 0.1) is 0 Å². The molecular formula is C29H27N5O5. The molecular weight excluding hydrogens is 498 g/mol. The van der Waals surface area contributed by atoms with Gasteiger partial charge in [0.05, 0.1) is 25.9 Å². The van der Waals surface area contributed by atoms with Crippen molar-refractivity contribution >= 4 is 17.8 Å². The number of carbonyl (C=O) groups excluding carboxylic acids is 2. The van der Waals surface area contributed by atoms with Gasteiger partial charge in [-0.3, -0.25) is 14.9 Å². The third kappa shape index (κ3) is 5.45. The molecule has 3 aromatic carbocycles. The number of aromatic nitrogens is 3. The van der Waals surface area contributed by atoms with Crippen molar-refractivity contribution in [2.75, 3.05) is 19.5 Å². The normalized spacial score (nSPS) is 14.7. The topological polar surface area (TPSA) is 128 Å². The van der Waals surface area contributed by atoms with Gasteiger partial charge in [0.1, 0.15) is 22.8 Å². The Morgan fingerprint density at radius 1 is 0.974 bits per heavy atom. The van der Waals surface area contributed by atoms with E-state index in [1.807, 2.05) is 54.6 Å². The Morgan fingerprint density at radius 3 is 2.26 bits per heavy atom. The number of rotatable bonds is 9. The highest BCUT2D eigenvalue weighted by Crippen LogP contribution is 2.27. The number of nitrogens with one attached hydrogen (secondary N) is 2. The minimum Gasteiger partial charge on any atom is -0.509 e. The van der Waals surface area contributed by atoms with Gasteiger partial charge in [-0.15, -0.1) is 5.10 Å². The van der Waals surface area contributed by atoms with Crippen molar-refractivity contribution < 1.29 is 24.2 Å². The average Bonchev–Trinajstić information content (AvgIpc) is 3.52. The fourth-order valence-corrected chi connectivity index (χ4v) is 4.33. The van der Waals surface area contributed by atoms with E-state index >= 15 is 0 Å². The molecule has 1 atom stereocenters. The second kappa shape index (κ2) is 11.1. The third-order valence-electron chi connectivity index (χ3n) is 6.41. The molecule has 10 heteroatoms. The number of hydrogen-bond acceptors (Lipinski definition) is 7. The summed E-state index contributed by atoms with van der Waals surface area (Å²) in [6.07, 6.45) is 1.08. The van der Waals surface area contributed by atoms with Gasteiger partial charge in [-0.25, -0.2) is 4.68 Å². The molecule has 0 aliphatic carbocycles. The van der Waals surface area contributed by atoms with Crippen LogP contribution in [0.4, 0.5) is 5.95 Å². The van der Waals surface area contributed by atoms with Crippen LogP contribution in [0.1, 0.15) is 12.0 Å². The summed E-state index contributed by atoms with van der Waals surface area (Å²) >= 11 is 0. The maximum absolute atomic E-state index is 13.1. The molecule has 1 unspecified atom stereocenters. The highest BCUT2D eigenvalue weighted by Gasteiger charge is 2.36. The number of hydrogen-bond donors (Lipinski definition) is 3. The number of methoxy groups -OCH3 is 2. The lowest BCUT2D eigenvalue weighted by molar-refractivity contribution is -0.120. The lowest BCUT2D eigenvalue weighted by Crippen LogP contribution is -2.30. The molecule has 5 rings (SSSR count). The van der Waals surface area contributed by atoms with E-state index in [0.29, 0.717) is 35.9 Å². The Bertz CT molecular complexity index is 1450. The van der Waals surface area contributed by atoms with Gasteiger partial charge >= 0.3 is 0 Å². The maximum atomic E-state index is 13.1. The number of aliphatic hydroxyl groups excluding tert-OH is 1. The Hall–Kier alpha value is -5.12. The predicted octanol–water partition coefficient (Wildman–Crippen LogP) is 3.83. The zero-order valence-corrected chi connectivity index (χ0v) is 21.4. The van der Waals surface area contributed by atoms with Gasteiger partial charge in [0.2, 0.25) is 5.95 Å². The zero-order chi connectivity index (χ0) is 27.4. The molecule has 39 heavy (non-hydrogen) atoms. The number of nitrogens with zero attached hydrogens (tertiary/aromatic N) is 3. The van der Waals surface area contributed by atoms with Crippen molar-refractivity contribution in [3.8, 4) is 28.6 Å². The summed E-state index contributed by atoms with van der Waals surface area (Å²) in [5, 5.41) is 20.5. The largest absolute Gasteiger partial charge is 0.509 e. The first-order valence-corrected chi connectivity index (χ1v) is 12.3. The number of aryl methyl sites for hydroxylation is 1. The van der Waals surface area contributed by atoms with Crippen LogP contribution < -0.4 is 20.1 Å². The number of aliphatic hydroxyl groups is 1. The summed E-state index contributed by atoms with van der Waals surface area (Å²) in [6.45, 7) is 0. The lowest BCUT2D eigenvalue weighted by atomic mass is 10.0. The summed E-state index contributed by atoms with van der Waals surface area (Å²) in [5.41, 5.74) is 2.12. The van der Waals surface area contributed by atoms with E-state index in [0.717, 1.165) is 11.1 Å². The highest BCUT2D eigenvalue weighted by molar-refractivity contribution is 6.24. The smallest absolute Gasteiger partial charge is 0.267 e. The summed E-state index contributed by atoms with van der Waals surface area (Å²) < 4.78 is 12.1. The molecule has 3 N–H and O–H groups in total. The van der Waals surface area contributed by atoms with Crippen LogP contribution in [0.3, 0.4) is 0 Å². The molecule has 0 saturated carbocycles. The minimum atomic E-state index is -0.791. The van der Waals surface area contributed by atoms with Crippen LogP contribution >= 0.6 is 0 Å². The van der Waals surface area contributed by atoms with Gasteiger partial charge in [0, 0.05) is 5.56 Å². The molecule has 0 radical (unpaired) electrons. The Kier molecular flexibility index (Phi) is 7.26. The van der Waals surface area contributed by atoms with E-state index in [4.69, 9.17) is 9.47 Å². The van der Waals surface area contributed by atoms with E-state index < -0.39 is 17.9 Å². The SMILES string of the molecule is COc1ccc(-c2nc(NC(=O)C3=C(O)C(CCc4ccccc4)NC3=O)nn2-c2ccc(OC)cc2)cc1. The molecule has 10 nitrogen and oxygen atoms in total. The first-order chi connectivity index (χ1) is 19.0. The van der Waals surface area contributed by atoms with Crippen LogP contribution in [0.25, 0.3) is 17.1 Å². The minimum absolute atomic E-state index is 0.0255. The average molecular weight is 526 g/mol. The number of carbonyl (C=O) groups is 2. The fraction of sp³-hybridized carbons (Fsp3) is 0.172. The van der Waals surface area contributed by atoms with Crippen LogP contribution in [-0.4, -0.2) is 51.9 Å². The van der Waals surface area contributed by atoms with Crippen LogP contribution in [0.15, 0.2) is 90.2 Å². The quantitative estimate of drug-likeness (QED) is 0.283. The number of benzene rings is 3. The molecule has 4 aromatic rings. The Labute approximate surface area is 224 Å². The van der Waals surface area contributed by atoms with Crippen molar-refractivity contribution in [2.45, 2.75) is 18.9 Å². The van der Waals surface area contributed by atoms with E-state index in [1.165, 1.54) is 0 Å². The molecule has 2 heterocycles. The molecule has 0 saturated heterocycles. The molecule has 198 valence electrons. The van der Waals surface area contributed by atoms with Gasteiger partial charge in [0.15, 0.2) is 5.82 Å². The summed E-state index contributed by atoms with van der Waals surface area (Å²) in [7, 11) is 3.16. The molecule has 0 spiro atoms. The molecule has 0 bridgehead atoms. The van der Waals surface area contributed by atoms with E-state index in [9.17, 15) is 14.7 Å². The van der Waals surface area contributed by atoms with Gasteiger partial charge in [-0.2, -0.15) is 4.98 Å². The van der Waals surface area contributed by atoms with E-state index in [-0.39, 0.29) is 17.3 Å². The molecule has 1 aliphatic rings. The first kappa shape index (κ1) is 25.5. The van der Waals surface area contributed by atoms with E-state index in [1.54, 1.807) is 43.2 Å². The lowest BCUT2D eigenvalue weighted by Gasteiger charge is -2.10. The number of anilines is 1. The van der Waals surface area contributed by atoms with Crippen LogP contribution in [-0.2, 0) is 16.0 Å². The fourth-order valence-electron chi connectivity index (χ4n) is 4.33. The van der Waals surface area contributed by atoms with E-state index in [2.05, 4.69) is 20.7 Å². The summed E-state index contributed by atoms with van der Waals surface area (Å²) in [5.74, 6) is 0.0522. The Morgan fingerprint density at radius 2 is 1.62 bits per heavy atom. The summed E-state index contributed by atoms with van der Waals surface area (Å²) in [4.78, 5) is 30.2. The number of amides is 2. The second-order valence-corrected chi connectivity index (χ2v) is 8.86. The standard InChI is InChI=1S/C29H27N5O5/c1-38-21-13-9-19(10-14-21)26-31-29(33-34(26)20-11-15-22(39-2)16-12-20)32-28(37)24-25(35)23(30-27(24)36)17-8-18-6-4-3-5-7-18/h3-7,9-16,23,35H,8,17H2,1-2H3,(H,30,36)(H,32,33,37). The van der Waals surface area contributed by atoms with Crippen molar-refractivity contribution in [3.63, 3.8) is 0 Å². The number of ether oxygens (including phenoxy) is 2. The third-order valence-corrected chi connectivity index (χ3v) is 6.41. The highest BCUT2D eigenvalue weighted by atomic mass is 16.5. The zero-order valence-electron chi connectivity index (χ0n) is 21.4. The maximum Gasteiger partial charge on any atom is 0.267 e. The van der Waals surface area contributed by atoms with Crippen LogP contribution in [0.5, 0.6) is 11.5 Å². The molecule has 2 amide bonds. The van der Waals surface area contributed by atoms with Gasteiger partial charge in [0.25, 0.3) is 11.8 Å². The van der Waals surface area contributed by atoms with Crippen molar-refractivity contribution in [1.82, 2.24) is 20.1 Å². The van der Waals surface area contributed by atoms with Gasteiger partial charge in [-0.05, 0) is 66.9 Å². The Balaban J connectivity index is 1.41. The first-order valence-electron chi connectivity index (χ1n) is 12.3. The van der Waals surface area contributed by atoms with Crippen LogP contribution in [0.2, 0.25) is 0 Å². The van der Waals surface area contributed by atoms with Gasteiger partial charge < -0.3 is 19.9 Å². The van der Waals surface area contributed by atoms with Crippen molar-refractivity contribution in [1.29, 1.82) is 0 Å². The molecule has 1 aliphatic heterocycles. The second-order valence-electron chi connectivity index (χ2n) is 8.86. The predicted molar refractivity (Wildman–Crippen MR) is 145 cm³/mol. The monoisotopic (exact) mass is 525 g/mol. The summed E-state index contributed by atoms with van der Waals surface area (Å²) in [6, 6.07) is 23.5. The van der Waals surface area contributed by atoms with Crippen molar-refractivity contribution in [3.05, 3.63) is 95.8 Å². The molecule has 0 fully saturated rings. The van der Waals surface area contributed by atoms with Crippen molar-refractivity contribution in [2.24, 2.45) is 0 Å². The molecule has 1 aromatic heterocycles. The van der Waals surface area contributed by atoms with Gasteiger partial charge in [-0.1, -0.05) is 30.3 Å².